The lowest BCUT2D eigenvalue weighted by atomic mass is 10.2. The van der Waals surface area contributed by atoms with Crippen molar-refractivity contribution >= 4 is 44.0 Å². The molecule has 0 aliphatic carbocycles. The van der Waals surface area contributed by atoms with Crippen LogP contribution in [-0.4, -0.2) is 9.19 Å². The number of aromatic nitrogens is 1. The van der Waals surface area contributed by atoms with E-state index in [1.165, 1.54) is 12.1 Å². The van der Waals surface area contributed by atoms with Crippen molar-refractivity contribution in [1.29, 1.82) is 0 Å². The fraction of sp³-hybridized carbons (Fsp3) is 0.133. The number of para-hydroxylation sites is 1. The van der Waals surface area contributed by atoms with Gasteiger partial charge in [0.25, 0.3) is 0 Å². The first-order valence-electron chi connectivity index (χ1n) is 6.25. The summed E-state index contributed by atoms with van der Waals surface area (Å²) < 4.78 is 26.3. The van der Waals surface area contributed by atoms with Crippen LogP contribution in [0.4, 0.5) is 4.39 Å². The summed E-state index contributed by atoms with van der Waals surface area (Å²) in [6.45, 7) is 0. The largest absolute Gasteiger partial charge is 0.259 e. The molecule has 1 heterocycles. The number of halogens is 2. The molecule has 3 aromatic rings. The van der Waals surface area contributed by atoms with Crippen molar-refractivity contribution in [1.82, 2.24) is 4.98 Å². The second-order valence-electron chi connectivity index (χ2n) is 4.54. The van der Waals surface area contributed by atoms with E-state index in [2.05, 4.69) is 4.98 Å². The molecule has 0 amide bonds. The first-order valence-corrected chi connectivity index (χ1v) is 8.93. The number of fused-ring (bicyclic) bond motifs is 1. The Morgan fingerprint density at radius 1 is 1.19 bits per heavy atom. The first kappa shape index (κ1) is 14.6. The van der Waals surface area contributed by atoms with E-state index in [0.29, 0.717) is 22.1 Å². The lowest BCUT2D eigenvalue weighted by Gasteiger charge is -2.03. The van der Waals surface area contributed by atoms with Crippen LogP contribution in [0, 0.1) is 5.82 Å². The lowest BCUT2D eigenvalue weighted by Crippen LogP contribution is -2.00. The SMILES string of the molecule is O=[S@@](Cc1nc2ccccc2s1)Cc1ccc(F)cc1Cl. The Kier molecular flexibility index (Phi) is 4.33. The van der Waals surface area contributed by atoms with Crippen molar-refractivity contribution in [2.24, 2.45) is 0 Å². The van der Waals surface area contributed by atoms with E-state index >= 15 is 0 Å². The van der Waals surface area contributed by atoms with Gasteiger partial charge in [-0.1, -0.05) is 29.8 Å². The van der Waals surface area contributed by atoms with E-state index in [0.717, 1.165) is 15.2 Å². The molecule has 0 N–H and O–H groups in total. The molecular formula is C15H11ClFNOS2. The zero-order valence-corrected chi connectivity index (χ0v) is 13.3. The predicted octanol–water partition coefficient (Wildman–Crippen LogP) is 4.54. The van der Waals surface area contributed by atoms with E-state index in [1.807, 2.05) is 24.3 Å². The Balaban J connectivity index is 1.74. The van der Waals surface area contributed by atoms with Crippen LogP contribution in [-0.2, 0) is 22.3 Å². The fourth-order valence-electron chi connectivity index (χ4n) is 1.98. The van der Waals surface area contributed by atoms with Gasteiger partial charge >= 0.3 is 0 Å². The Morgan fingerprint density at radius 2 is 2.00 bits per heavy atom. The maximum absolute atomic E-state index is 13.0. The van der Waals surface area contributed by atoms with Gasteiger partial charge in [0.1, 0.15) is 10.8 Å². The van der Waals surface area contributed by atoms with Gasteiger partial charge in [-0.05, 0) is 29.8 Å². The molecular weight excluding hydrogens is 329 g/mol. The summed E-state index contributed by atoms with van der Waals surface area (Å²) in [6, 6.07) is 12.0. The average Bonchev–Trinajstić information content (AvgIpc) is 2.84. The number of hydrogen-bond acceptors (Lipinski definition) is 3. The molecule has 2 nitrogen and oxygen atoms in total. The van der Waals surface area contributed by atoms with E-state index in [4.69, 9.17) is 11.6 Å². The van der Waals surface area contributed by atoms with Crippen LogP contribution >= 0.6 is 22.9 Å². The van der Waals surface area contributed by atoms with Crippen molar-refractivity contribution in [3.05, 3.63) is 63.9 Å². The zero-order valence-electron chi connectivity index (χ0n) is 10.9. The molecule has 0 unspecified atom stereocenters. The topological polar surface area (TPSA) is 30.0 Å². The van der Waals surface area contributed by atoms with Gasteiger partial charge in [0.15, 0.2) is 0 Å². The molecule has 0 spiro atoms. The maximum atomic E-state index is 13.0. The molecule has 1 aromatic heterocycles. The third-order valence-corrected chi connectivity index (χ3v) is 5.75. The molecule has 21 heavy (non-hydrogen) atoms. The summed E-state index contributed by atoms with van der Waals surface area (Å²) in [7, 11) is -1.12. The van der Waals surface area contributed by atoms with Gasteiger partial charge in [-0.25, -0.2) is 9.37 Å². The molecule has 0 radical (unpaired) electrons. The summed E-state index contributed by atoms with van der Waals surface area (Å²) in [5, 5.41) is 1.15. The molecule has 0 aliphatic rings. The molecule has 0 fully saturated rings. The number of hydrogen-bond donors (Lipinski definition) is 0. The summed E-state index contributed by atoms with van der Waals surface area (Å²) in [4.78, 5) is 4.46. The van der Waals surface area contributed by atoms with E-state index in [9.17, 15) is 8.60 Å². The van der Waals surface area contributed by atoms with Gasteiger partial charge in [-0.15, -0.1) is 11.3 Å². The standard InChI is InChI=1S/C15H11ClFNOS2/c16-12-7-11(17)6-5-10(12)8-21(19)9-15-18-13-3-1-2-4-14(13)20-15/h1-7H,8-9H2/t21-/m1/s1. The Hall–Kier alpha value is -1.30. The third kappa shape index (κ3) is 3.48. The van der Waals surface area contributed by atoms with Crippen LogP contribution in [0.15, 0.2) is 42.5 Å². The lowest BCUT2D eigenvalue weighted by molar-refractivity contribution is 0.627. The number of thiazole rings is 1. The van der Waals surface area contributed by atoms with Crippen molar-refractivity contribution in [3.63, 3.8) is 0 Å². The molecule has 3 rings (SSSR count). The van der Waals surface area contributed by atoms with E-state index < -0.39 is 10.8 Å². The van der Waals surface area contributed by atoms with Crippen LogP contribution in [0.5, 0.6) is 0 Å². The highest BCUT2D eigenvalue weighted by Gasteiger charge is 2.10. The number of benzene rings is 2. The minimum absolute atomic E-state index is 0.301. The minimum Gasteiger partial charge on any atom is -0.259 e. The Labute approximate surface area is 133 Å². The van der Waals surface area contributed by atoms with Crippen LogP contribution in [0.3, 0.4) is 0 Å². The highest BCUT2D eigenvalue weighted by molar-refractivity contribution is 7.83. The fourth-order valence-corrected chi connectivity index (χ4v) is 4.73. The molecule has 0 saturated heterocycles. The summed E-state index contributed by atoms with van der Waals surface area (Å²) in [5.41, 5.74) is 1.62. The molecule has 108 valence electrons. The molecule has 2 aromatic carbocycles. The van der Waals surface area contributed by atoms with Gasteiger partial charge in [0.2, 0.25) is 0 Å². The summed E-state index contributed by atoms with van der Waals surface area (Å²) in [6.07, 6.45) is 0. The Morgan fingerprint density at radius 3 is 2.76 bits per heavy atom. The monoisotopic (exact) mass is 339 g/mol. The molecule has 1 atom stereocenters. The molecule has 0 bridgehead atoms. The second kappa shape index (κ2) is 6.22. The van der Waals surface area contributed by atoms with Gasteiger partial charge < -0.3 is 0 Å². The van der Waals surface area contributed by atoms with Crippen LogP contribution < -0.4 is 0 Å². The van der Waals surface area contributed by atoms with Crippen molar-refractivity contribution in [3.8, 4) is 0 Å². The van der Waals surface area contributed by atoms with Crippen molar-refractivity contribution in [2.75, 3.05) is 0 Å². The summed E-state index contributed by atoms with van der Waals surface area (Å²) >= 11 is 7.50. The van der Waals surface area contributed by atoms with Gasteiger partial charge in [0, 0.05) is 15.8 Å². The van der Waals surface area contributed by atoms with Crippen molar-refractivity contribution in [2.45, 2.75) is 11.5 Å². The van der Waals surface area contributed by atoms with Gasteiger partial charge in [0.05, 0.1) is 21.7 Å². The quantitative estimate of drug-likeness (QED) is 0.698. The van der Waals surface area contributed by atoms with Crippen LogP contribution in [0.1, 0.15) is 10.6 Å². The maximum Gasteiger partial charge on any atom is 0.124 e. The second-order valence-corrected chi connectivity index (χ2v) is 7.52. The number of nitrogens with zero attached hydrogens (tertiary/aromatic N) is 1. The van der Waals surface area contributed by atoms with E-state index in [1.54, 1.807) is 17.4 Å². The highest BCUT2D eigenvalue weighted by atomic mass is 35.5. The van der Waals surface area contributed by atoms with Crippen molar-refractivity contribution < 1.29 is 8.60 Å². The van der Waals surface area contributed by atoms with Crippen LogP contribution in [0.2, 0.25) is 5.02 Å². The highest BCUT2D eigenvalue weighted by Crippen LogP contribution is 2.24. The Bertz CT molecular complexity index is 785. The average molecular weight is 340 g/mol. The van der Waals surface area contributed by atoms with Gasteiger partial charge in [-0.2, -0.15) is 0 Å². The summed E-state index contributed by atoms with van der Waals surface area (Å²) in [5.74, 6) is 0.294. The van der Waals surface area contributed by atoms with Crippen LogP contribution in [0.25, 0.3) is 10.2 Å². The third-order valence-electron chi connectivity index (χ3n) is 2.95. The first-order chi connectivity index (χ1) is 10.1. The normalized spacial score (nSPS) is 12.7. The smallest absolute Gasteiger partial charge is 0.124 e. The minimum atomic E-state index is -1.12. The zero-order chi connectivity index (χ0) is 14.8. The predicted molar refractivity (Wildman–Crippen MR) is 86.6 cm³/mol. The molecule has 0 saturated carbocycles. The van der Waals surface area contributed by atoms with E-state index in [-0.39, 0.29) is 5.82 Å². The molecule has 0 aliphatic heterocycles. The van der Waals surface area contributed by atoms with Gasteiger partial charge in [-0.3, -0.25) is 4.21 Å². The number of rotatable bonds is 4. The molecule has 6 heteroatoms.